The van der Waals surface area contributed by atoms with Crippen LogP contribution in [-0.4, -0.2) is 21.4 Å². The van der Waals surface area contributed by atoms with Gasteiger partial charge in [-0.15, -0.1) is 0 Å². The van der Waals surface area contributed by atoms with Crippen molar-refractivity contribution in [2.24, 2.45) is 0 Å². The molecule has 4 nitrogen and oxygen atoms in total. The van der Waals surface area contributed by atoms with Gasteiger partial charge >= 0.3 is 0 Å². The van der Waals surface area contributed by atoms with Crippen molar-refractivity contribution < 1.29 is 0 Å². The smallest absolute Gasteiger partial charge is 0.0821 e. The molecule has 0 fully saturated rings. The van der Waals surface area contributed by atoms with E-state index in [9.17, 15) is 0 Å². The number of rotatable bonds is 6. The van der Waals surface area contributed by atoms with E-state index in [2.05, 4.69) is 71.2 Å². The number of hydrogen-bond donors (Lipinski definition) is 1. The highest BCUT2D eigenvalue weighted by Gasteiger charge is 2.07. The van der Waals surface area contributed by atoms with Crippen molar-refractivity contribution in [1.29, 1.82) is 0 Å². The molecule has 2 unspecified atom stereocenters. The van der Waals surface area contributed by atoms with E-state index in [-0.39, 0.29) is 0 Å². The van der Waals surface area contributed by atoms with Crippen LogP contribution in [0, 0.1) is 0 Å². The second kappa shape index (κ2) is 6.06. The standard InChI is InChI=1S/C15H24N4/c1-5-12(2)19-9-7-15(17-19)11-18-8-6-14(10-18)13(3)16-4/h6-10,12-13,16H,5,11H2,1-4H3. The van der Waals surface area contributed by atoms with Gasteiger partial charge in [-0.2, -0.15) is 5.10 Å². The number of aromatic nitrogens is 3. The lowest BCUT2D eigenvalue weighted by molar-refractivity contribution is 0.472. The molecule has 0 spiro atoms. The van der Waals surface area contributed by atoms with Gasteiger partial charge in [-0.3, -0.25) is 4.68 Å². The van der Waals surface area contributed by atoms with Gasteiger partial charge in [0, 0.05) is 30.7 Å². The molecule has 0 aliphatic heterocycles. The zero-order chi connectivity index (χ0) is 13.8. The van der Waals surface area contributed by atoms with Gasteiger partial charge in [-0.25, -0.2) is 0 Å². The van der Waals surface area contributed by atoms with Crippen molar-refractivity contribution in [3.8, 4) is 0 Å². The Hall–Kier alpha value is -1.55. The molecule has 19 heavy (non-hydrogen) atoms. The molecule has 104 valence electrons. The Morgan fingerprint density at radius 1 is 1.26 bits per heavy atom. The first-order valence-electron chi connectivity index (χ1n) is 7.01. The van der Waals surface area contributed by atoms with E-state index in [1.54, 1.807) is 0 Å². The van der Waals surface area contributed by atoms with Crippen LogP contribution in [0.5, 0.6) is 0 Å². The first kappa shape index (κ1) is 13.9. The molecule has 4 heteroatoms. The summed E-state index contributed by atoms with van der Waals surface area (Å²) in [6.45, 7) is 7.37. The fourth-order valence-corrected chi connectivity index (χ4v) is 2.06. The van der Waals surface area contributed by atoms with Crippen LogP contribution in [-0.2, 0) is 6.54 Å². The van der Waals surface area contributed by atoms with E-state index < -0.39 is 0 Å². The monoisotopic (exact) mass is 260 g/mol. The first-order valence-corrected chi connectivity index (χ1v) is 7.01. The summed E-state index contributed by atoms with van der Waals surface area (Å²) < 4.78 is 4.24. The van der Waals surface area contributed by atoms with Gasteiger partial charge in [0.25, 0.3) is 0 Å². The minimum absolute atomic E-state index is 0.388. The quantitative estimate of drug-likeness (QED) is 0.866. The van der Waals surface area contributed by atoms with E-state index in [1.165, 1.54) is 5.56 Å². The van der Waals surface area contributed by atoms with Crippen LogP contribution in [0.3, 0.4) is 0 Å². The predicted molar refractivity (Wildman–Crippen MR) is 78.2 cm³/mol. The third-order valence-corrected chi connectivity index (χ3v) is 3.76. The summed E-state index contributed by atoms with van der Waals surface area (Å²) in [5.74, 6) is 0. The fraction of sp³-hybridized carbons (Fsp3) is 0.533. The van der Waals surface area contributed by atoms with E-state index in [1.807, 2.05) is 7.05 Å². The second-order valence-corrected chi connectivity index (χ2v) is 5.17. The second-order valence-electron chi connectivity index (χ2n) is 5.17. The van der Waals surface area contributed by atoms with Crippen molar-refractivity contribution in [2.45, 2.75) is 45.8 Å². The van der Waals surface area contributed by atoms with Crippen LogP contribution in [0.4, 0.5) is 0 Å². The maximum atomic E-state index is 4.63. The summed E-state index contributed by atoms with van der Waals surface area (Å²) >= 11 is 0. The average Bonchev–Trinajstić information content (AvgIpc) is 3.07. The third kappa shape index (κ3) is 3.26. The van der Waals surface area contributed by atoms with E-state index in [0.717, 1.165) is 18.7 Å². The number of hydrogen-bond acceptors (Lipinski definition) is 2. The molecule has 0 amide bonds. The van der Waals surface area contributed by atoms with Crippen LogP contribution in [0.2, 0.25) is 0 Å². The largest absolute Gasteiger partial charge is 0.348 e. The Balaban J connectivity index is 2.04. The normalized spacial score (nSPS) is 14.5. The molecular formula is C15H24N4. The van der Waals surface area contributed by atoms with Crippen LogP contribution in [0.1, 0.15) is 50.5 Å². The van der Waals surface area contributed by atoms with Crippen molar-refractivity contribution in [3.63, 3.8) is 0 Å². The van der Waals surface area contributed by atoms with Crippen LogP contribution >= 0.6 is 0 Å². The molecule has 2 atom stereocenters. The van der Waals surface area contributed by atoms with Gasteiger partial charge in [0.2, 0.25) is 0 Å². The molecule has 0 aliphatic rings. The highest BCUT2D eigenvalue weighted by molar-refractivity contribution is 5.15. The summed E-state index contributed by atoms with van der Waals surface area (Å²) in [5, 5.41) is 7.88. The van der Waals surface area contributed by atoms with Crippen LogP contribution < -0.4 is 5.32 Å². The van der Waals surface area contributed by atoms with Crippen molar-refractivity contribution in [2.75, 3.05) is 7.05 Å². The van der Waals surface area contributed by atoms with Crippen molar-refractivity contribution in [1.82, 2.24) is 19.7 Å². The molecule has 0 bridgehead atoms. The number of nitrogens with zero attached hydrogens (tertiary/aromatic N) is 3. The molecule has 0 aromatic carbocycles. The molecule has 0 saturated carbocycles. The summed E-state index contributed by atoms with van der Waals surface area (Å²) in [4.78, 5) is 0. The Kier molecular flexibility index (Phi) is 4.43. The zero-order valence-corrected chi connectivity index (χ0v) is 12.3. The molecular weight excluding hydrogens is 236 g/mol. The van der Waals surface area contributed by atoms with Gasteiger partial charge in [0.15, 0.2) is 0 Å². The van der Waals surface area contributed by atoms with Gasteiger partial charge in [0.1, 0.15) is 0 Å². The van der Waals surface area contributed by atoms with Gasteiger partial charge in [-0.05, 0) is 45.0 Å². The Labute approximate surface area is 115 Å². The topological polar surface area (TPSA) is 34.8 Å². The fourth-order valence-electron chi connectivity index (χ4n) is 2.06. The molecule has 2 aromatic rings. The Morgan fingerprint density at radius 2 is 2.05 bits per heavy atom. The highest BCUT2D eigenvalue weighted by atomic mass is 15.3. The maximum absolute atomic E-state index is 4.63. The van der Waals surface area contributed by atoms with Gasteiger partial charge in [-0.1, -0.05) is 6.92 Å². The Morgan fingerprint density at radius 3 is 2.74 bits per heavy atom. The van der Waals surface area contributed by atoms with Crippen molar-refractivity contribution in [3.05, 3.63) is 42.0 Å². The summed E-state index contributed by atoms with van der Waals surface area (Å²) in [6.07, 6.45) is 7.48. The average molecular weight is 260 g/mol. The molecule has 0 saturated heterocycles. The summed E-state index contributed by atoms with van der Waals surface area (Å²) in [6, 6.07) is 5.12. The van der Waals surface area contributed by atoms with Crippen LogP contribution in [0.25, 0.3) is 0 Å². The maximum Gasteiger partial charge on any atom is 0.0821 e. The van der Waals surface area contributed by atoms with Gasteiger partial charge in [0.05, 0.1) is 12.2 Å². The molecule has 2 heterocycles. The summed E-state index contributed by atoms with van der Waals surface area (Å²) in [7, 11) is 1.98. The SMILES string of the molecule is CCC(C)n1ccc(Cn2ccc(C(C)NC)c2)n1. The zero-order valence-electron chi connectivity index (χ0n) is 12.3. The van der Waals surface area contributed by atoms with Crippen LogP contribution in [0.15, 0.2) is 30.7 Å². The van der Waals surface area contributed by atoms with Crippen molar-refractivity contribution >= 4 is 0 Å². The third-order valence-electron chi connectivity index (χ3n) is 3.76. The predicted octanol–water partition coefficient (Wildman–Crippen LogP) is 2.98. The summed E-state index contributed by atoms with van der Waals surface area (Å²) in [5.41, 5.74) is 2.42. The molecule has 0 radical (unpaired) electrons. The molecule has 0 aliphatic carbocycles. The van der Waals surface area contributed by atoms with E-state index in [4.69, 9.17) is 0 Å². The number of nitrogens with one attached hydrogen (secondary N) is 1. The molecule has 1 N–H and O–H groups in total. The lowest BCUT2D eigenvalue weighted by Crippen LogP contribution is -2.11. The lowest BCUT2D eigenvalue weighted by Gasteiger charge is -2.08. The minimum Gasteiger partial charge on any atom is -0.348 e. The van der Waals surface area contributed by atoms with E-state index >= 15 is 0 Å². The molecule has 2 rings (SSSR count). The Bertz CT molecular complexity index is 465. The van der Waals surface area contributed by atoms with E-state index in [0.29, 0.717) is 12.1 Å². The minimum atomic E-state index is 0.388. The highest BCUT2D eigenvalue weighted by Crippen LogP contribution is 2.14. The lowest BCUT2D eigenvalue weighted by atomic mass is 10.2. The molecule has 2 aromatic heterocycles. The first-order chi connectivity index (χ1) is 9.13. The van der Waals surface area contributed by atoms with Gasteiger partial charge < -0.3 is 9.88 Å².